The largest absolute Gasteiger partial charge is 0.328 e. The molecule has 1 fully saturated rings. The second-order valence-electron chi connectivity index (χ2n) is 5.37. The first-order valence-corrected chi connectivity index (χ1v) is 6.70. The van der Waals surface area contributed by atoms with Gasteiger partial charge in [-0.1, -0.05) is 31.4 Å². The number of halogens is 1. The third kappa shape index (κ3) is 3.29. The molecule has 0 heterocycles. The summed E-state index contributed by atoms with van der Waals surface area (Å²) in [6, 6.07) is 5.78. The smallest absolute Gasteiger partial charge is 0.126 e. The number of rotatable bonds is 3. The molecule has 1 aromatic carbocycles. The summed E-state index contributed by atoms with van der Waals surface area (Å²) < 4.78 is 14.0. The molecule has 0 radical (unpaired) electrons. The number of hydrogen-bond donors (Lipinski definition) is 1. The van der Waals surface area contributed by atoms with Gasteiger partial charge in [-0.05, 0) is 49.3 Å². The van der Waals surface area contributed by atoms with E-state index < -0.39 is 0 Å². The van der Waals surface area contributed by atoms with Gasteiger partial charge in [0.2, 0.25) is 0 Å². The van der Waals surface area contributed by atoms with Crippen molar-refractivity contribution in [2.45, 2.75) is 57.4 Å². The molecule has 1 atom stereocenters. The molecule has 0 aromatic heterocycles. The summed E-state index contributed by atoms with van der Waals surface area (Å²) in [6.07, 6.45) is 6.83. The standard InChI is InChI=1S/C15H22FN/c1-11(17)9-12-7-8-14(15(16)10-12)13-5-3-2-4-6-13/h7-8,10-11,13H,2-6,9,17H2,1H3. The maximum Gasteiger partial charge on any atom is 0.126 e. The minimum atomic E-state index is -0.0324. The molecule has 0 spiro atoms. The molecule has 1 unspecified atom stereocenters. The predicted molar refractivity (Wildman–Crippen MR) is 69.6 cm³/mol. The van der Waals surface area contributed by atoms with Crippen LogP contribution in [0.25, 0.3) is 0 Å². The van der Waals surface area contributed by atoms with E-state index in [0.29, 0.717) is 5.92 Å². The van der Waals surface area contributed by atoms with Crippen LogP contribution in [0.5, 0.6) is 0 Å². The van der Waals surface area contributed by atoms with Gasteiger partial charge in [-0.25, -0.2) is 4.39 Å². The average Bonchev–Trinajstić information content (AvgIpc) is 2.29. The van der Waals surface area contributed by atoms with Gasteiger partial charge < -0.3 is 5.73 Å². The Hall–Kier alpha value is -0.890. The molecule has 17 heavy (non-hydrogen) atoms. The molecule has 2 heteroatoms. The highest BCUT2D eigenvalue weighted by Gasteiger charge is 2.18. The van der Waals surface area contributed by atoms with Crippen molar-refractivity contribution in [2.75, 3.05) is 0 Å². The van der Waals surface area contributed by atoms with Crippen molar-refractivity contribution in [1.82, 2.24) is 0 Å². The summed E-state index contributed by atoms with van der Waals surface area (Å²) in [5, 5.41) is 0. The third-order valence-corrected chi connectivity index (χ3v) is 3.67. The van der Waals surface area contributed by atoms with Gasteiger partial charge in [-0.2, -0.15) is 0 Å². The Kier molecular flexibility index (Phi) is 4.16. The zero-order valence-corrected chi connectivity index (χ0v) is 10.6. The van der Waals surface area contributed by atoms with E-state index in [1.165, 1.54) is 19.3 Å². The van der Waals surface area contributed by atoms with Crippen molar-refractivity contribution in [3.63, 3.8) is 0 Å². The van der Waals surface area contributed by atoms with Crippen LogP contribution in [0.1, 0.15) is 56.1 Å². The molecule has 1 aliphatic rings. The molecule has 94 valence electrons. The van der Waals surface area contributed by atoms with E-state index in [2.05, 4.69) is 0 Å². The van der Waals surface area contributed by atoms with E-state index in [9.17, 15) is 4.39 Å². The molecule has 0 saturated heterocycles. The van der Waals surface area contributed by atoms with Crippen LogP contribution in [-0.4, -0.2) is 6.04 Å². The van der Waals surface area contributed by atoms with Crippen molar-refractivity contribution in [2.24, 2.45) is 5.73 Å². The highest BCUT2D eigenvalue weighted by atomic mass is 19.1. The molecule has 1 aliphatic carbocycles. The van der Waals surface area contributed by atoms with Crippen LogP contribution in [0, 0.1) is 5.82 Å². The Bertz CT molecular complexity index is 367. The van der Waals surface area contributed by atoms with Gasteiger partial charge >= 0.3 is 0 Å². The van der Waals surface area contributed by atoms with E-state index >= 15 is 0 Å². The first-order chi connectivity index (χ1) is 8.16. The van der Waals surface area contributed by atoms with Gasteiger partial charge in [-0.15, -0.1) is 0 Å². The molecule has 1 saturated carbocycles. The predicted octanol–water partition coefficient (Wildman–Crippen LogP) is 3.76. The van der Waals surface area contributed by atoms with Crippen LogP contribution in [-0.2, 0) is 6.42 Å². The number of benzene rings is 1. The Labute approximate surface area is 103 Å². The van der Waals surface area contributed by atoms with Crippen molar-refractivity contribution in [3.05, 3.63) is 35.1 Å². The number of hydrogen-bond acceptors (Lipinski definition) is 1. The molecule has 2 rings (SSSR count). The second-order valence-corrected chi connectivity index (χ2v) is 5.37. The fourth-order valence-electron chi connectivity index (χ4n) is 2.81. The Morgan fingerprint density at radius 1 is 1.29 bits per heavy atom. The van der Waals surface area contributed by atoms with Crippen LogP contribution in [0.15, 0.2) is 18.2 Å². The van der Waals surface area contributed by atoms with Crippen molar-refractivity contribution < 1.29 is 4.39 Å². The summed E-state index contributed by atoms with van der Waals surface area (Å²) in [5.41, 5.74) is 7.66. The summed E-state index contributed by atoms with van der Waals surface area (Å²) in [5.74, 6) is 0.406. The monoisotopic (exact) mass is 235 g/mol. The van der Waals surface area contributed by atoms with Gasteiger partial charge in [0.1, 0.15) is 5.82 Å². The summed E-state index contributed by atoms with van der Waals surface area (Å²) in [7, 11) is 0. The minimum absolute atomic E-state index is 0.0324. The Morgan fingerprint density at radius 3 is 2.59 bits per heavy atom. The van der Waals surface area contributed by atoms with Crippen molar-refractivity contribution in [1.29, 1.82) is 0 Å². The molecule has 1 nitrogen and oxygen atoms in total. The molecular formula is C15H22FN. The zero-order chi connectivity index (χ0) is 12.3. The van der Waals surface area contributed by atoms with Crippen LogP contribution in [0.2, 0.25) is 0 Å². The first kappa shape index (κ1) is 12.6. The van der Waals surface area contributed by atoms with Gasteiger partial charge in [0, 0.05) is 6.04 Å². The van der Waals surface area contributed by atoms with Crippen LogP contribution >= 0.6 is 0 Å². The summed E-state index contributed by atoms with van der Waals surface area (Å²) in [4.78, 5) is 0. The topological polar surface area (TPSA) is 26.0 Å². The van der Waals surface area contributed by atoms with Crippen LogP contribution < -0.4 is 5.73 Å². The van der Waals surface area contributed by atoms with Gasteiger partial charge in [0.25, 0.3) is 0 Å². The molecule has 0 amide bonds. The lowest BCUT2D eigenvalue weighted by Gasteiger charge is -2.22. The fraction of sp³-hybridized carbons (Fsp3) is 0.600. The minimum Gasteiger partial charge on any atom is -0.328 e. The van der Waals surface area contributed by atoms with Crippen LogP contribution in [0.3, 0.4) is 0 Å². The van der Waals surface area contributed by atoms with E-state index in [4.69, 9.17) is 5.73 Å². The normalized spacial score (nSPS) is 19.2. The lowest BCUT2D eigenvalue weighted by atomic mass is 9.83. The third-order valence-electron chi connectivity index (χ3n) is 3.67. The molecule has 0 bridgehead atoms. The fourth-order valence-corrected chi connectivity index (χ4v) is 2.81. The van der Waals surface area contributed by atoms with E-state index in [-0.39, 0.29) is 11.9 Å². The summed E-state index contributed by atoms with van der Waals surface area (Å²) in [6.45, 7) is 1.95. The highest BCUT2D eigenvalue weighted by Crippen LogP contribution is 2.34. The maximum atomic E-state index is 14.0. The molecule has 2 N–H and O–H groups in total. The summed E-state index contributed by atoms with van der Waals surface area (Å²) >= 11 is 0. The SMILES string of the molecule is CC(N)Cc1ccc(C2CCCCC2)c(F)c1. The van der Waals surface area contributed by atoms with Gasteiger partial charge in [0.15, 0.2) is 0 Å². The second kappa shape index (κ2) is 5.63. The van der Waals surface area contributed by atoms with Gasteiger partial charge in [-0.3, -0.25) is 0 Å². The molecule has 0 aliphatic heterocycles. The Morgan fingerprint density at radius 2 is 2.00 bits per heavy atom. The van der Waals surface area contributed by atoms with E-state index in [0.717, 1.165) is 30.4 Å². The molecule has 1 aromatic rings. The number of nitrogens with two attached hydrogens (primary N) is 1. The zero-order valence-electron chi connectivity index (χ0n) is 10.6. The van der Waals surface area contributed by atoms with Crippen molar-refractivity contribution in [3.8, 4) is 0 Å². The van der Waals surface area contributed by atoms with Crippen molar-refractivity contribution >= 4 is 0 Å². The van der Waals surface area contributed by atoms with Crippen LogP contribution in [0.4, 0.5) is 4.39 Å². The lowest BCUT2D eigenvalue weighted by Crippen LogP contribution is -2.18. The maximum absolute atomic E-state index is 14.0. The van der Waals surface area contributed by atoms with E-state index in [1.54, 1.807) is 6.07 Å². The highest BCUT2D eigenvalue weighted by molar-refractivity contribution is 5.28. The van der Waals surface area contributed by atoms with Gasteiger partial charge in [0.05, 0.1) is 0 Å². The quantitative estimate of drug-likeness (QED) is 0.848. The Balaban J connectivity index is 2.13. The molecular weight excluding hydrogens is 213 g/mol. The van der Waals surface area contributed by atoms with E-state index in [1.807, 2.05) is 19.1 Å². The first-order valence-electron chi connectivity index (χ1n) is 6.70. The lowest BCUT2D eigenvalue weighted by molar-refractivity contribution is 0.429. The average molecular weight is 235 g/mol.